The van der Waals surface area contributed by atoms with E-state index in [1.807, 2.05) is 18.2 Å². The zero-order chi connectivity index (χ0) is 15.5. The second kappa shape index (κ2) is 6.09. The van der Waals surface area contributed by atoms with Gasteiger partial charge in [0, 0.05) is 31.8 Å². The number of carbonyl (C=O) groups excluding carboxylic acids is 1. The number of anilines is 1. The van der Waals surface area contributed by atoms with Gasteiger partial charge in [0.25, 0.3) is 0 Å². The summed E-state index contributed by atoms with van der Waals surface area (Å²) in [5, 5.41) is 5.84. The average molecular weight is 300 g/mol. The van der Waals surface area contributed by atoms with Crippen molar-refractivity contribution in [1.29, 1.82) is 0 Å². The molecule has 0 aliphatic carbocycles. The average Bonchev–Trinajstić information content (AvgIpc) is 3.06. The minimum Gasteiger partial charge on any atom is -0.493 e. The van der Waals surface area contributed by atoms with Gasteiger partial charge in [-0.15, -0.1) is 0 Å². The van der Waals surface area contributed by atoms with E-state index in [0.29, 0.717) is 6.61 Å². The predicted octanol–water partition coefficient (Wildman–Crippen LogP) is 1.63. The Labute approximate surface area is 129 Å². The van der Waals surface area contributed by atoms with Crippen LogP contribution in [0.2, 0.25) is 0 Å². The number of hydrogen-bond donors (Lipinski definition) is 2. The third-order valence-electron chi connectivity index (χ3n) is 3.93. The van der Waals surface area contributed by atoms with Gasteiger partial charge in [0.1, 0.15) is 5.75 Å². The molecular formula is C16H20N4O2. The molecule has 1 unspecified atom stereocenters. The predicted molar refractivity (Wildman–Crippen MR) is 87.7 cm³/mol. The molecule has 0 spiro atoms. The number of amides is 2. The quantitative estimate of drug-likeness (QED) is 0.872. The van der Waals surface area contributed by atoms with Crippen LogP contribution in [-0.2, 0) is 0 Å². The molecule has 0 saturated carbocycles. The fourth-order valence-electron chi connectivity index (χ4n) is 2.68. The van der Waals surface area contributed by atoms with E-state index in [2.05, 4.69) is 21.7 Å². The zero-order valence-corrected chi connectivity index (χ0v) is 12.8. The van der Waals surface area contributed by atoms with Crippen LogP contribution in [0, 0.1) is 0 Å². The van der Waals surface area contributed by atoms with Gasteiger partial charge in [-0.3, -0.25) is 9.89 Å². The van der Waals surface area contributed by atoms with Gasteiger partial charge in [-0.2, -0.15) is 0 Å². The first kappa shape index (κ1) is 14.4. The molecule has 1 aromatic rings. The van der Waals surface area contributed by atoms with Gasteiger partial charge in [0.15, 0.2) is 0 Å². The van der Waals surface area contributed by atoms with Crippen molar-refractivity contribution in [3.05, 3.63) is 29.8 Å². The normalized spacial score (nSPS) is 21.0. The summed E-state index contributed by atoms with van der Waals surface area (Å²) in [5.74, 6) is 0.866. The largest absolute Gasteiger partial charge is 0.493 e. The smallest absolute Gasteiger partial charge is 0.321 e. The van der Waals surface area contributed by atoms with Crippen LogP contribution in [0.5, 0.6) is 5.75 Å². The molecule has 2 amide bonds. The first-order chi connectivity index (χ1) is 10.7. The Morgan fingerprint density at radius 3 is 3.14 bits per heavy atom. The van der Waals surface area contributed by atoms with Crippen molar-refractivity contribution in [2.75, 3.05) is 32.1 Å². The molecule has 2 aliphatic heterocycles. The Balaban J connectivity index is 1.92. The van der Waals surface area contributed by atoms with Crippen LogP contribution in [0.25, 0.3) is 5.57 Å². The molecule has 3 rings (SSSR count). The fourth-order valence-corrected chi connectivity index (χ4v) is 2.68. The van der Waals surface area contributed by atoms with Crippen molar-refractivity contribution in [1.82, 2.24) is 10.6 Å². The molecule has 2 aliphatic rings. The lowest BCUT2D eigenvalue weighted by Crippen LogP contribution is -2.34. The molecule has 22 heavy (non-hydrogen) atoms. The Morgan fingerprint density at radius 1 is 1.55 bits per heavy atom. The highest BCUT2D eigenvalue weighted by atomic mass is 16.5. The number of carbonyl (C=O) groups is 1. The number of aliphatic imine (C=N–C) groups is 1. The van der Waals surface area contributed by atoms with E-state index < -0.39 is 0 Å². The lowest BCUT2D eigenvalue weighted by molar-refractivity contribution is 0.249. The number of ether oxygens (including phenoxy) is 1. The molecule has 1 atom stereocenters. The Kier molecular flexibility index (Phi) is 4.00. The highest BCUT2D eigenvalue weighted by Crippen LogP contribution is 2.36. The number of nitrogens with zero attached hydrogens (tertiary/aromatic N) is 2. The molecule has 0 radical (unpaired) electrons. The highest BCUT2D eigenvalue weighted by molar-refractivity contribution is 5.92. The first-order valence-corrected chi connectivity index (χ1v) is 7.36. The molecule has 6 nitrogen and oxygen atoms in total. The van der Waals surface area contributed by atoms with Crippen LogP contribution in [0.4, 0.5) is 10.5 Å². The standard InChI is InChI=1S/C16H20N4O2/c1-17-16(21)20(2)13-3-4-15-14(8-13)11(5-6-22-15)7-12-9-18-10-19-12/h3-4,7-8,10,12H,5-6,9H2,1-2H3,(H,17,21)(H,18,19)/b11-7+. The van der Waals surface area contributed by atoms with E-state index in [1.54, 1.807) is 25.3 Å². The van der Waals surface area contributed by atoms with E-state index >= 15 is 0 Å². The van der Waals surface area contributed by atoms with Crippen molar-refractivity contribution in [3.8, 4) is 5.75 Å². The number of urea groups is 1. The van der Waals surface area contributed by atoms with Crippen molar-refractivity contribution in [2.45, 2.75) is 12.5 Å². The zero-order valence-electron chi connectivity index (χ0n) is 12.8. The summed E-state index contributed by atoms with van der Waals surface area (Å²) in [7, 11) is 3.37. The van der Waals surface area contributed by atoms with Gasteiger partial charge in [-0.1, -0.05) is 6.08 Å². The maximum absolute atomic E-state index is 11.8. The van der Waals surface area contributed by atoms with E-state index in [4.69, 9.17) is 4.74 Å². The number of hydrogen-bond acceptors (Lipinski definition) is 4. The van der Waals surface area contributed by atoms with Crippen LogP contribution in [0.3, 0.4) is 0 Å². The molecule has 0 fully saturated rings. The molecular weight excluding hydrogens is 280 g/mol. The topological polar surface area (TPSA) is 66.0 Å². The Bertz CT molecular complexity index is 631. The summed E-state index contributed by atoms with van der Waals surface area (Å²) in [5.41, 5.74) is 3.12. The minimum atomic E-state index is -0.145. The molecule has 6 heteroatoms. The van der Waals surface area contributed by atoms with Gasteiger partial charge in [0.2, 0.25) is 0 Å². The van der Waals surface area contributed by atoms with E-state index in [0.717, 1.165) is 30.0 Å². The fraction of sp³-hybridized carbons (Fsp3) is 0.375. The second-order valence-electron chi connectivity index (χ2n) is 5.35. The highest BCUT2D eigenvalue weighted by Gasteiger charge is 2.20. The summed E-state index contributed by atoms with van der Waals surface area (Å²) in [6.07, 6.45) is 4.81. The van der Waals surface area contributed by atoms with Gasteiger partial charge in [-0.05, 0) is 23.8 Å². The van der Waals surface area contributed by atoms with Crippen LogP contribution < -0.4 is 20.3 Å². The SMILES string of the molecule is CNC(=O)N(C)c1ccc2c(c1)/C(=C/C1CN=CN1)CCO2. The van der Waals surface area contributed by atoms with Crippen molar-refractivity contribution < 1.29 is 9.53 Å². The molecule has 0 saturated heterocycles. The number of benzene rings is 1. The van der Waals surface area contributed by atoms with Gasteiger partial charge < -0.3 is 15.4 Å². The lowest BCUT2D eigenvalue weighted by atomic mass is 9.97. The lowest BCUT2D eigenvalue weighted by Gasteiger charge is -2.24. The number of rotatable bonds is 2. The third kappa shape index (κ3) is 2.77. The molecule has 0 bridgehead atoms. The number of fused-ring (bicyclic) bond motifs is 1. The Hall–Kier alpha value is -2.50. The second-order valence-corrected chi connectivity index (χ2v) is 5.35. The molecule has 2 heterocycles. The maximum atomic E-state index is 11.8. The number of nitrogens with one attached hydrogen (secondary N) is 2. The summed E-state index contributed by atoms with van der Waals surface area (Å²) in [6, 6.07) is 5.92. The molecule has 116 valence electrons. The van der Waals surface area contributed by atoms with Crippen molar-refractivity contribution >= 4 is 23.6 Å². The first-order valence-electron chi connectivity index (χ1n) is 7.36. The van der Waals surface area contributed by atoms with Gasteiger partial charge >= 0.3 is 6.03 Å². The van der Waals surface area contributed by atoms with Crippen LogP contribution in [0.1, 0.15) is 12.0 Å². The Morgan fingerprint density at radius 2 is 2.41 bits per heavy atom. The third-order valence-corrected chi connectivity index (χ3v) is 3.93. The molecule has 1 aromatic carbocycles. The summed E-state index contributed by atoms with van der Waals surface area (Å²) >= 11 is 0. The van der Waals surface area contributed by atoms with Crippen molar-refractivity contribution in [2.24, 2.45) is 4.99 Å². The summed E-state index contributed by atoms with van der Waals surface area (Å²) < 4.78 is 5.73. The summed E-state index contributed by atoms with van der Waals surface area (Å²) in [4.78, 5) is 17.6. The van der Waals surface area contributed by atoms with E-state index in [-0.39, 0.29) is 12.1 Å². The molecule has 2 N–H and O–H groups in total. The van der Waals surface area contributed by atoms with Crippen molar-refractivity contribution in [3.63, 3.8) is 0 Å². The monoisotopic (exact) mass is 300 g/mol. The summed E-state index contributed by atoms with van der Waals surface area (Å²) in [6.45, 7) is 1.44. The molecule has 0 aromatic heterocycles. The minimum absolute atomic E-state index is 0.145. The van der Waals surface area contributed by atoms with Crippen LogP contribution >= 0.6 is 0 Å². The van der Waals surface area contributed by atoms with Gasteiger partial charge in [-0.25, -0.2) is 4.79 Å². The van der Waals surface area contributed by atoms with Crippen LogP contribution in [0.15, 0.2) is 29.3 Å². The maximum Gasteiger partial charge on any atom is 0.321 e. The van der Waals surface area contributed by atoms with Gasteiger partial charge in [0.05, 0.1) is 25.5 Å². The van der Waals surface area contributed by atoms with E-state index in [1.165, 1.54) is 5.57 Å². The van der Waals surface area contributed by atoms with E-state index in [9.17, 15) is 4.79 Å². The van der Waals surface area contributed by atoms with Crippen LogP contribution in [-0.4, -0.2) is 45.7 Å².